The second-order valence-corrected chi connectivity index (χ2v) is 11.5. The average molecular weight is 675 g/mol. The first-order valence-electron chi connectivity index (χ1n) is 12.1. The molecule has 0 radical (unpaired) electrons. The third-order valence-electron chi connectivity index (χ3n) is 5.70. The van der Waals surface area contributed by atoms with E-state index < -0.39 is 12.0 Å². The van der Waals surface area contributed by atoms with Crippen LogP contribution in [-0.4, -0.2) is 29.9 Å². The summed E-state index contributed by atoms with van der Waals surface area (Å²) in [5, 5.41) is 9.03. The van der Waals surface area contributed by atoms with Gasteiger partial charge in [0.05, 0.1) is 33.0 Å². The molecule has 2 heterocycles. The lowest BCUT2D eigenvalue weighted by Crippen LogP contribution is -2.40. The number of benzene rings is 2. The van der Waals surface area contributed by atoms with E-state index >= 15 is 0 Å². The number of hydrogen-bond donors (Lipinski definition) is 0. The molecule has 0 amide bonds. The van der Waals surface area contributed by atoms with Gasteiger partial charge in [0.2, 0.25) is 0 Å². The van der Waals surface area contributed by atoms with Gasteiger partial charge in [-0.3, -0.25) is 9.36 Å². The van der Waals surface area contributed by atoms with E-state index in [-0.39, 0.29) is 30.5 Å². The van der Waals surface area contributed by atoms with Gasteiger partial charge in [0, 0.05) is 15.6 Å². The first kappa shape index (κ1) is 28.8. The Morgan fingerprint density at radius 3 is 2.72 bits per heavy atom. The smallest absolute Gasteiger partial charge is 0.338 e. The number of ether oxygens (including phenoxy) is 3. The lowest BCUT2D eigenvalue weighted by atomic mass is 9.95. The van der Waals surface area contributed by atoms with Crippen LogP contribution in [0.15, 0.2) is 66.4 Å². The number of nitriles is 1. The van der Waals surface area contributed by atoms with Gasteiger partial charge in [-0.25, -0.2) is 9.79 Å². The maximum absolute atomic E-state index is 14.0. The van der Waals surface area contributed by atoms with E-state index in [1.807, 2.05) is 44.2 Å². The van der Waals surface area contributed by atoms with E-state index in [9.17, 15) is 9.59 Å². The molecule has 0 unspecified atom stereocenters. The molecule has 1 aromatic heterocycles. The number of hydrogen-bond acceptors (Lipinski definition) is 8. The third-order valence-corrected chi connectivity index (χ3v) is 7.73. The monoisotopic (exact) mass is 673 g/mol. The van der Waals surface area contributed by atoms with Crippen molar-refractivity contribution in [3.8, 4) is 17.6 Å². The molecule has 1 atom stereocenters. The number of allylic oxidation sites excluding steroid dienone is 1. The molecule has 0 N–H and O–H groups in total. The number of aromatic nitrogens is 1. The largest absolute Gasteiger partial charge is 0.491 e. The lowest BCUT2D eigenvalue weighted by molar-refractivity contribution is -0.139. The van der Waals surface area contributed by atoms with Gasteiger partial charge in [0.1, 0.15) is 23.6 Å². The Bertz CT molecular complexity index is 1680. The average Bonchev–Trinajstić information content (AvgIpc) is 3.17. The molecule has 1 aliphatic rings. The highest BCUT2D eigenvalue weighted by Crippen LogP contribution is 2.37. The van der Waals surface area contributed by atoms with Gasteiger partial charge < -0.3 is 14.2 Å². The Morgan fingerprint density at radius 1 is 1.28 bits per heavy atom. The summed E-state index contributed by atoms with van der Waals surface area (Å²) in [7, 11) is 0. The highest BCUT2D eigenvalue weighted by atomic mass is 79.9. The normalized spacial score (nSPS) is 15.0. The number of fused-ring (bicyclic) bond motifs is 1. The van der Waals surface area contributed by atoms with Crippen LogP contribution in [0.5, 0.6) is 11.5 Å². The van der Waals surface area contributed by atoms with E-state index in [1.165, 1.54) is 15.9 Å². The van der Waals surface area contributed by atoms with E-state index in [2.05, 4.69) is 36.9 Å². The fourth-order valence-electron chi connectivity index (χ4n) is 4.24. The van der Waals surface area contributed by atoms with Crippen LogP contribution >= 0.6 is 43.2 Å². The van der Waals surface area contributed by atoms with Crippen molar-refractivity contribution in [3.63, 3.8) is 0 Å². The van der Waals surface area contributed by atoms with Crippen LogP contribution in [0.1, 0.15) is 44.9 Å². The summed E-state index contributed by atoms with van der Waals surface area (Å²) in [6, 6.07) is 12.1. The summed E-state index contributed by atoms with van der Waals surface area (Å²) < 4.78 is 20.4. The van der Waals surface area contributed by atoms with Crippen molar-refractivity contribution in [1.82, 2.24) is 4.57 Å². The number of para-hydroxylation sites is 1. The van der Waals surface area contributed by atoms with Crippen LogP contribution < -0.4 is 24.4 Å². The molecule has 2 aromatic carbocycles. The van der Waals surface area contributed by atoms with Crippen molar-refractivity contribution >= 4 is 55.2 Å². The van der Waals surface area contributed by atoms with Crippen molar-refractivity contribution in [2.75, 3.05) is 13.2 Å². The van der Waals surface area contributed by atoms with Crippen LogP contribution in [0, 0.1) is 11.3 Å². The summed E-state index contributed by atoms with van der Waals surface area (Å²) in [6.45, 7) is 7.32. The van der Waals surface area contributed by atoms with Gasteiger partial charge in [-0.2, -0.15) is 5.26 Å². The highest BCUT2D eigenvalue weighted by molar-refractivity contribution is 9.11. The summed E-state index contributed by atoms with van der Waals surface area (Å²) in [4.78, 5) is 32.3. The molecule has 11 heteroatoms. The molecular formula is C28H25Br2N3O5S. The first-order chi connectivity index (χ1) is 18.7. The lowest BCUT2D eigenvalue weighted by Gasteiger charge is -2.26. The Morgan fingerprint density at radius 2 is 2.03 bits per heavy atom. The first-order valence-corrected chi connectivity index (χ1v) is 14.5. The SMILES string of the molecule is CCOC(=O)C1=C(C)N=c2s/c(=C\c3cc(Br)cc(Br)c3OCC#N)c(=O)n2[C@H]1c1ccccc1OC(C)C. The molecule has 39 heavy (non-hydrogen) atoms. The number of rotatable bonds is 8. The predicted octanol–water partition coefficient (Wildman–Crippen LogP) is 5.01. The van der Waals surface area contributed by atoms with E-state index in [0.29, 0.717) is 42.1 Å². The Balaban J connectivity index is 2.00. The number of carbonyl (C=O) groups excluding carboxylic acids is 1. The molecule has 202 valence electrons. The zero-order valence-corrected chi connectivity index (χ0v) is 25.6. The minimum Gasteiger partial charge on any atom is -0.491 e. The van der Waals surface area contributed by atoms with E-state index in [0.717, 1.165) is 4.47 Å². The van der Waals surface area contributed by atoms with Crippen LogP contribution in [0.2, 0.25) is 0 Å². The van der Waals surface area contributed by atoms with Crippen molar-refractivity contribution in [2.45, 2.75) is 39.8 Å². The molecular weight excluding hydrogens is 650 g/mol. The van der Waals surface area contributed by atoms with Gasteiger partial charge in [0.15, 0.2) is 11.4 Å². The Labute approximate surface area is 246 Å². The molecule has 0 fully saturated rings. The molecule has 3 aromatic rings. The topological polar surface area (TPSA) is 103 Å². The number of thiazole rings is 1. The maximum atomic E-state index is 14.0. The molecule has 0 saturated carbocycles. The fourth-order valence-corrected chi connectivity index (χ4v) is 6.65. The van der Waals surface area contributed by atoms with Crippen LogP contribution in [0.3, 0.4) is 0 Å². The standard InChI is InChI=1S/C28H25Br2N3O5S/c1-5-36-27(35)23-16(4)32-28-33(24(23)19-8-6-7-9-21(19)38-15(2)3)26(34)22(39-28)13-17-12-18(29)14-20(30)25(17)37-11-10-31/h6-9,12-15,24H,5,11H2,1-4H3/b22-13-/t24-/m0/s1. The maximum Gasteiger partial charge on any atom is 0.338 e. The van der Waals surface area contributed by atoms with Crippen molar-refractivity contribution in [3.05, 3.63) is 87.4 Å². The molecule has 0 spiro atoms. The number of esters is 1. The highest BCUT2D eigenvalue weighted by Gasteiger charge is 2.35. The molecule has 0 saturated heterocycles. The summed E-state index contributed by atoms with van der Waals surface area (Å²) in [5.74, 6) is 0.452. The summed E-state index contributed by atoms with van der Waals surface area (Å²) >= 11 is 8.15. The van der Waals surface area contributed by atoms with Gasteiger partial charge in [-0.15, -0.1) is 0 Å². The molecule has 4 rings (SSSR count). The minimum absolute atomic E-state index is 0.125. The zero-order chi connectivity index (χ0) is 28.3. The van der Waals surface area contributed by atoms with Crippen LogP contribution in [0.4, 0.5) is 0 Å². The second-order valence-electron chi connectivity index (χ2n) is 8.76. The van der Waals surface area contributed by atoms with Gasteiger partial charge in [0.25, 0.3) is 5.56 Å². The zero-order valence-electron chi connectivity index (χ0n) is 21.7. The van der Waals surface area contributed by atoms with Crippen molar-refractivity contribution < 1.29 is 19.0 Å². The fraction of sp³-hybridized carbons (Fsp3) is 0.286. The van der Waals surface area contributed by atoms with E-state index in [4.69, 9.17) is 19.5 Å². The molecule has 0 bridgehead atoms. The third kappa shape index (κ3) is 6.03. The van der Waals surface area contributed by atoms with E-state index in [1.54, 1.807) is 32.1 Å². The number of carbonyl (C=O) groups is 1. The summed E-state index contributed by atoms with van der Waals surface area (Å²) in [6.07, 6.45) is 1.57. The van der Waals surface area contributed by atoms with Crippen molar-refractivity contribution in [2.24, 2.45) is 4.99 Å². The molecule has 1 aliphatic heterocycles. The molecule has 0 aliphatic carbocycles. The molecule has 8 nitrogen and oxygen atoms in total. The van der Waals surface area contributed by atoms with Crippen LogP contribution in [-0.2, 0) is 9.53 Å². The summed E-state index contributed by atoms with van der Waals surface area (Å²) in [5.41, 5.74) is 1.66. The number of nitrogens with zero attached hydrogens (tertiary/aromatic N) is 3. The van der Waals surface area contributed by atoms with Gasteiger partial charge in [-0.1, -0.05) is 45.5 Å². The quantitative estimate of drug-likeness (QED) is 0.311. The number of halogens is 2. The van der Waals surface area contributed by atoms with Crippen molar-refractivity contribution in [1.29, 1.82) is 5.26 Å². The second kappa shape index (κ2) is 12.3. The predicted molar refractivity (Wildman–Crippen MR) is 156 cm³/mol. The van der Waals surface area contributed by atoms with Gasteiger partial charge >= 0.3 is 5.97 Å². The minimum atomic E-state index is -0.805. The van der Waals surface area contributed by atoms with Gasteiger partial charge in [-0.05, 0) is 67.9 Å². The Kier molecular flexibility index (Phi) is 9.10. The van der Waals surface area contributed by atoms with Crippen LogP contribution in [0.25, 0.3) is 6.08 Å². The Hall–Kier alpha value is -3.20.